The molecule has 36 heavy (non-hydrogen) atoms. The van der Waals surface area contributed by atoms with Crippen LogP contribution in [0.15, 0.2) is 72.8 Å². The second-order valence-electron chi connectivity index (χ2n) is 9.34. The van der Waals surface area contributed by atoms with Crippen molar-refractivity contribution in [1.82, 2.24) is 5.32 Å². The van der Waals surface area contributed by atoms with Gasteiger partial charge in [0.05, 0.1) is 23.2 Å². The molecule has 5 rings (SSSR count). The summed E-state index contributed by atoms with van der Waals surface area (Å²) in [4.78, 5) is 17.3. The molecule has 1 amide bonds. The van der Waals surface area contributed by atoms with Gasteiger partial charge in [-0.2, -0.15) is 13.2 Å². The molecule has 4 nitrogen and oxygen atoms in total. The molecule has 0 saturated carbocycles. The zero-order chi connectivity index (χ0) is 25.3. The van der Waals surface area contributed by atoms with Gasteiger partial charge in [-0.1, -0.05) is 42.5 Å². The van der Waals surface area contributed by atoms with Gasteiger partial charge < -0.3 is 15.1 Å². The van der Waals surface area contributed by atoms with Crippen molar-refractivity contribution in [3.05, 3.63) is 95.3 Å². The molecular formula is C28H27F4N3O. The first-order valence-electron chi connectivity index (χ1n) is 12.1. The van der Waals surface area contributed by atoms with Crippen molar-refractivity contribution < 1.29 is 22.4 Å². The molecule has 0 spiro atoms. The van der Waals surface area contributed by atoms with Crippen LogP contribution in [0.2, 0.25) is 0 Å². The first-order valence-corrected chi connectivity index (χ1v) is 12.1. The molecule has 0 bridgehead atoms. The number of fused-ring (bicyclic) bond motifs is 3. The average Bonchev–Trinajstić information content (AvgIpc) is 2.88. The Morgan fingerprint density at radius 1 is 0.944 bits per heavy atom. The first-order chi connectivity index (χ1) is 17.3. The molecule has 2 heterocycles. The number of alkyl halides is 3. The van der Waals surface area contributed by atoms with Gasteiger partial charge in [0.15, 0.2) is 0 Å². The lowest BCUT2D eigenvalue weighted by Gasteiger charge is -2.49. The van der Waals surface area contributed by atoms with Crippen molar-refractivity contribution >= 4 is 17.3 Å². The molecule has 0 aromatic heterocycles. The topological polar surface area (TPSA) is 35.6 Å². The largest absolute Gasteiger partial charge is 0.416 e. The van der Waals surface area contributed by atoms with Gasteiger partial charge in [0, 0.05) is 31.9 Å². The average molecular weight is 498 g/mol. The van der Waals surface area contributed by atoms with Gasteiger partial charge in [0.2, 0.25) is 5.91 Å². The summed E-state index contributed by atoms with van der Waals surface area (Å²) < 4.78 is 54.8. The Labute approximate surface area is 207 Å². The van der Waals surface area contributed by atoms with Crippen molar-refractivity contribution in [3.8, 4) is 0 Å². The summed E-state index contributed by atoms with van der Waals surface area (Å²) in [6.07, 6.45) is -3.60. The number of carbonyl (C=O) groups is 1. The predicted molar refractivity (Wildman–Crippen MR) is 132 cm³/mol. The van der Waals surface area contributed by atoms with E-state index in [1.54, 1.807) is 18.2 Å². The first kappa shape index (κ1) is 24.2. The number of hydrogen-bond donors (Lipinski definition) is 1. The highest BCUT2D eigenvalue weighted by Crippen LogP contribution is 2.40. The van der Waals surface area contributed by atoms with E-state index in [9.17, 15) is 22.4 Å². The number of piperazine rings is 1. The lowest BCUT2D eigenvalue weighted by atomic mass is 9.82. The third-order valence-electron chi connectivity index (χ3n) is 7.12. The molecule has 3 aromatic rings. The Bertz CT molecular complexity index is 1230. The van der Waals surface area contributed by atoms with Gasteiger partial charge in [-0.05, 0) is 54.3 Å². The fourth-order valence-corrected chi connectivity index (χ4v) is 5.33. The minimum absolute atomic E-state index is 0.195. The molecule has 188 valence electrons. The van der Waals surface area contributed by atoms with Gasteiger partial charge in [0.1, 0.15) is 5.82 Å². The Hall–Kier alpha value is -3.55. The summed E-state index contributed by atoms with van der Waals surface area (Å²) in [5, 5.41) is 3.00. The quantitative estimate of drug-likeness (QED) is 0.500. The monoisotopic (exact) mass is 497 g/mol. The van der Waals surface area contributed by atoms with E-state index in [1.165, 1.54) is 18.2 Å². The standard InChI is InChI=1S/C28H27F4N3O/c29-23-8-4-5-9-25(23)34-14-15-35-24-11-10-21(28(30,31)32)16-20(24)17-22(26(35)18-34)27(36)33-13-12-19-6-2-1-3-7-19/h1-11,16,22,26H,12-15,17-18H2,(H,33,36)/t22-,26+/m0/s1. The van der Waals surface area contributed by atoms with Gasteiger partial charge in [-0.25, -0.2) is 4.39 Å². The summed E-state index contributed by atoms with van der Waals surface area (Å²) in [6, 6.07) is 19.8. The lowest BCUT2D eigenvalue weighted by molar-refractivity contribution is -0.137. The number of carbonyl (C=O) groups excluding carboxylic acids is 1. The SMILES string of the molecule is O=C(NCCc1ccccc1)[C@H]1Cc2cc(C(F)(F)F)ccc2N2CCN(c3ccccc3F)C[C@H]12. The molecule has 1 saturated heterocycles. The van der Waals surface area contributed by atoms with Crippen LogP contribution < -0.4 is 15.1 Å². The molecule has 1 fully saturated rings. The Kier molecular flexibility index (Phi) is 6.60. The number of anilines is 2. The summed E-state index contributed by atoms with van der Waals surface area (Å²) in [7, 11) is 0. The number of para-hydroxylation sites is 1. The molecule has 1 N–H and O–H groups in total. The van der Waals surface area contributed by atoms with Crippen LogP contribution in [-0.2, 0) is 23.8 Å². The Balaban J connectivity index is 1.41. The fourth-order valence-electron chi connectivity index (χ4n) is 5.33. The van der Waals surface area contributed by atoms with E-state index in [-0.39, 0.29) is 24.2 Å². The molecule has 8 heteroatoms. The molecule has 0 aliphatic carbocycles. The Morgan fingerprint density at radius 2 is 1.69 bits per heavy atom. The number of halogens is 4. The number of hydrogen-bond acceptors (Lipinski definition) is 3. The lowest BCUT2D eigenvalue weighted by Crippen LogP contribution is -2.61. The minimum Gasteiger partial charge on any atom is -0.365 e. The highest BCUT2D eigenvalue weighted by atomic mass is 19.4. The highest BCUT2D eigenvalue weighted by Gasteiger charge is 2.43. The smallest absolute Gasteiger partial charge is 0.365 e. The Morgan fingerprint density at radius 3 is 2.44 bits per heavy atom. The van der Waals surface area contributed by atoms with Crippen molar-refractivity contribution in [2.45, 2.75) is 25.1 Å². The fraction of sp³-hybridized carbons (Fsp3) is 0.321. The van der Waals surface area contributed by atoms with Crippen molar-refractivity contribution in [3.63, 3.8) is 0 Å². The number of nitrogens with one attached hydrogen (secondary N) is 1. The summed E-state index contributed by atoms with van der Waals surface area (Å²) in [5.41, 5.74) is 2.08. The molecule has 2 aliphatic rings. The van der Waals surface area contributed by atoms with Gasteiger partial charge >= 0.3 is 6.18 Å². The number of rotatable bonds is 5. The molecule has 0 radical (unpaired) electrons. The van der Waals surface area contributed by atoms with Gasteiger partial charge in [-0.3, -0.25) is 4.79 Å². The van der Waals surface area contributed by atoms with Crippen LogP contribution in [0.1, 0.15) is 16.7 Å². The minimum atomic E-state index is -4.46. The van der Waals surface area contributed by atoms with Crippen LogP contribution in [0.25, 0.3) is 0 Å². The second-order valence-corrected chi connectivity index (χ2v) is 9.34. The number of benzene rings is 3. The van der Waals surface area contributed by atoms with Crippen LogP contribution in [0.4, 0.5) is 28.9 Å². The van der Waals surface area contributed by atoms with E-state index in [2.05, 4.69) is 5.32 Å². The maximum Gasteiger partial charge on any atom is 0.416 e. The predicted octanol–water partition coefficient (Wildman–Crippen LogP) is 5.07. The maximum atomic E-state index is 14.5. The normalized spacial score (nSPS) is 19.4. The summed E-state index contributed by atoms with van der Waals surface area (Å²) in [6.45, 7) is 1.81. The number of nitrogens with zero attached hydrogens (tertiary/aromatic N) is 2. The van der Waals surface area contributed by atoms with Crippen LogP contribution in [-0.4, -0.2) is 38.1 Å². The van der Waals surface area contributed by atoms with E-state index in [0.717, 1.165) is 17.3 Å². The van der Waals surface area contributed by atoms with E-state index in [4.69, 9.17) is 0 Å². The van der Waals surface area contributed by atoms with E-state index in [1.807, 2.05) is 40.1 Å². The maximum absolute atomic E-state index is 14.5. The van der Waals surface area contributed by atoms with Crippen LogP contribution >= 0.6 is 0 Å². The summed E-state index contributed by atoms with van der Waals surface area (Å²) in [5.74, 6) is -1.09. The van der Waals surface area contributed by atoms with Crippen LogP contribution in [0.5, 0.6) is 0 Å². The molecular weight excluding hydrogens is 470 g/mol. The second kappa shape index (κ2) is 9.84. The molecule has 2 aliphatic heterocycles. The highest BCUT2D eigenvalue weighted by molar-refractivity contribution is 5.82. The molecule has 2 atom stereocenters. The van der Waals surface area contributed by atoms with Crippen molar-refractivity contribution in [2.75, 3.05) is 36.0 Å². The van der Waals surface area contributed by atoms with E-state index >= 15 is 0 Å². The van der Waals surface area contributed by atoms with Crippen molar-refractivity contribution in [2.24, 2.45) is 5.92 Å². The van der Waals surface area contributed by atoms with Crippen LogP contribution in [0.3, 0.4) is 0 Å². The molecule has 0 unspecified atom stereocenters. The zero-order valence-corrected chi connectivity index (χ0v) is 19.6. The van der Waals surface area contributed by atoms with Gasteiger partial charge in [-0.15, -0.1) is 0 Å². The zero-order valence-electron chi connectivity index (χ0n) is 19.6. The third kappa shape index (κ3) is 4.90. The molecule has 3 aromatic carbocycles. The third-order valence-corrected chi connectivity index (χ3v) is 7.12. The van der Waals surface area contributed by atoms with E-state index < -0.39 is 17.7 Å². The number of amides is 1. The van der Waals surface area contributed by atoms with E-state index in [0.29, 0.717) is 43.9 Å². The summed E-state index contributed by atoms with van der Waals surface area (Å²) >= 11 is 0. The van der Waals surface area contributed by atoms with Gasteiger partial charge in [0.25, 0.3) is 0 Å². The van der Waals surface area contributed by atoms with Crippen LogP contribution in [0, 0.1) is 11.7 Å². The van der Waals surface area contributed by atoms with Crippen molar-refractivity contribution in [1.29, 1.82) is 0 Å².